The molecular weight excluding hydrogens is 262 g/mol. The third-order valence-corrected chi connectivity index (χ3v) is 4.48. The van der Waals surface area contributed by atoms with E-state index in [2.05, 4.69) is 35.2 Å². The van der Waals surface area contributed by atoms with Crippen LogP contribution < -0.4 is 4.74 Å². The summed E-state index contributed by atoms with van der Waals surface area (Å²) in [5.41, 5.74) is 2.47. The number of rotatable bonds is 2. The van der Waals surface area contributed by atoms with Gasteiger partial charge in [0, 0.05) is 31.1 Å². The third-order valence-electron chi connectivity index (χ3n) is 4.48. The van der Waals surface area contributed by atoms with Crippen LogP contribution in [0.1, 0.15) is 17.0 Å². The number of carbonyl (C=O) groups is 1. The van der Waals surface area contributed by atoms with Gasteiger partial charge >= 0.3 is 5.97 Å². The molecule has 1 saturated heterocycles. The van der Waals surface area contributed by atoms with E-state index in [0.717, 1.165) is 25.4 Å². The van der Waals surface area contributed by atoms with E-state index in [9.17, 15) is 4.79 Å². The van der Waals surface area contributed by atoms with Gasteiger partial charge in [-0.15, -0.1) is 0 Å². The molecule has 0 N–H and O–H groups in total. The summed E-state index contributed by atoms with van der Waals surface area (Å²) in [7, 11) is 0. The van der Waals surface area contributed by atoms with Gasteiger partial charge in [0.05, 0.1) is 5.92 Å². The van der Waals surface area contributed by atoms with Crippen molar-refractivity contribution in [1.82, 2.24) is 4.90 Å². The minimum absolute atomic E-state index is 0.0244. The highest BCUT2D eigenvalue weighted by Gasteiger charge is 2.43. The molecular formula is C18H17NO2. The fourth-order valence-corrected chi connectivity index (χ4v) is 3.47. The van der Waals surface area contributed by atoms with Crippen LogP contribution in [-0.2, 0) is 11.3 Å². The lowest BCUT2D eigenvalue weighted by molar-refractivity contribution is -0.140. The molecule has 2 aromatic rings. The number of carbonyl (C=O) groups excluding carboxylic acids is 1. The van der Waals surface area contributed by atoms with Crippen LogP contribution in [0.3, 0.4) is 0 Å². The Morgan fingerprint density at radius 3 is 2.52 bits per heavy atom. The predicted octanol–water partition coefficient (Wildman–Crippen LogP) is 2.82. The number of likely N-dealkylation sites (tertiary alicyclic amines) is 1. The minimum atomic E-state index is -0.0748. The summed E-state index contributed by atoms with van der Waals surface area (Å²) in [6, 6.07) is 18.3. The zero-order valence-electron chi connectivity index (χ0n) is 11.7. The molecule has 4 rings (SSSR count). The van der Waals surface area contributed by atoms with Gasteiger partial charge in [-0.05, 0) is 11.6 Å². The number of nitrogens with zero attached hydrogens (tertiary/aromatic N) is 1. The molecule has 2 aliphatic rings. The van der Waals surface area contributed by atoms with E-state index < -0.39 is 0 Å². The average Bonchev–Trinajstić information content (AvgIpc) is 2.93. The van der Waals surface area contributed by atoms with Crippen molar-refractivity contribution < 1.29 is 9.53 Å². The van der Waals surface area contributed by atoms with Gasteiger partial charge in [0.1, 0.15) is 5.75 Å². The van der Waals surface area contributed by atoms with Crippen molar-refractivity contribution in [1.29, 1.82) is 0 Å². The van der Waals surface area contributed by atoms with Crippen LogP contribution in [0.25, 0.3) is 0 Å². The highest BCUT2D eigenvalue weighted by Crippen LogP contribution is 2.42. The normalized spacial score (nSPS) is 24.3. The van der Waals surface area contributed by atoms with Gasteiger partial charge in [-0.1, -0.05) is 48.5 Å². The summed E-state index contributed by atoms with van der Waals surface area (Å²) >= 11 is 0. The Labute approximate surface area is 124 Å². The summed E-state index contributed by atoms with van der Waals surface area (Å²) in [6.45, 7) is 2.60. The number of ether oxygens (including phenoxy) is 1. The van der Waals surface area contributed by atoms with Crippen molar-refractivity contribution in [3.63, 3.8) is 0 Å². The monoisotopic (exact) mass is 279 g/mol. The Morgan fingerprint density at radius 1 is 0.952 bits per heavy atom. The molecule has 0 unspecified atom stereocenters. The highest BCUT2D eigenvalue weighted by atomic mass is 16.5. The highest BCUT2D eigenvalue weighted by molar-refractivity contribution is 5.80. The number of para-hydroxylation sites is 1. The van der Waals surface area contributed by atoms with E-state index >= 15 is 0 Å². The Bertz CT molecular complexity index is 668. The molecule has 3 heteroatoms. The SMILES string of the molecule is O=C1Oc2ccccc2[C@H]2CN(Cc3ccccc3)C[C@@H]12. The van der Waals surface area contributed by atoms with Crippen LogP contribution in [0.15, 0.2) is 54.6 Å². The second-order valence-corrected chi connectivity index (χ2v) is 5.85. The molecule has 2 atom stereocenters. The van der Waals surface area contributed by atoms with Gasteiger partial charge in [-0.3, -0.25) is 9.69 Å². The van der Waals surface area contributed by atoms with Crippen LogP contribution in [0.5, 0.6) is 5.75 Å². The second kappa shape index (κ2) is 5.01. The Balaban J connectivity index is 1.58. The summed E-state index contributed by atoms with van der Waals surface area (Å²) < 4.78 is 5.48. The second-order valence-electron chi connectivity index (χ2n) is 5.85. The summed E-state index contributed by atoms with van der Waals surface area (Å²) in [5.74, 6) is 0.911. The maximum atomic E-state index is 12.2. The van der Waals surface area contributed by atoms with Crippen molar-refractivity contribution >= 4 is 5.97 Å². The zero-order chi connectivity index (χ0) is 14.2. The lowest BCUT2D eigenvalue weighted by Crippen LogP contribution is -2.31. The van der Waals surface area contributed by atoms with Gasteiger partial charge in [-0.2, -0.15) is 0 Å². The molecule has 21 heavy (non-hydrogen) atoms. The van der Waals surface area contributed by atoms with E-state index in [4.69, 9.17) is 4.74 Å². The number of hydrogen-bond donors (Lipinski definition) is 0. The first kappa shape index (κ1) is 12.6. The topological polar surface area (TPSA) is 29.5 Å². The standard InChI is InChI=1S/C18H17NO2/c20-18-16-12-19(10-13-6-2-1-3-7-13)11-15(16)14-8-4-5-9-17(14)21-18/h1-9,15-16H,10-12H2/t15-,16-/m1/s1. The first-order valence-corrected chi connectivity index (χ1v) is 7.38. The number of benzene rings is 2. The fourth-order valence-electron chi connectivity index (χ4n) is 3.47. The maximum absolute atomic E-state index is 12.2. The number of hydrogen-bond acceptors (Lipinski definition) is 3. The summed E-state index contributed by atoms with van der Waals surface area (Å²) in [4.78, 5) is 14.5. The van der Waals surface area contributed by atoms with Crippen LogP contribution in [-0.4, -0.2) is 24.0 Å². The van der Waals surface area contributed by atoms with Crippen molar-refractivity contribution in [2.24, 2.45) is 5.92 Å². The van der Waals surface area contributed by atoms with Crippen LogP contribution in [0.4, 0.5) is 0 Å². The van der Waals surface area contributed by atoms with Crippen molar-refractivity contribution in [2.75, 3.05) is 13.1 Å². The molecule has 0 spiro atoms. The summed E-state index contributed by atoms with van der Waals surface area (Å²) in [6.07, 6.45) is 0. The molecule has 0 aromatic heterocycles. The lowest BCUT2D eigenvalue weighted by atomic mass is 9.86. The molecule has 2 heterocycles. The van der Waals surface area contributed by atoms with E-state index in [0.29, 0.717) is 0 Å². The number of esters is 1. The molecule has 3 nitrogen and oxygen atoms in total. The van der Waals surface area contributed by atoms with Crippen LogP contribution >= 0.6 is 0 Å². The number of fused-ring (bicyclic) bond motifs is 3. The van der Waals surface area contributed by atoms with Gasteiger partial charge in [-0.25, -0.2) is 0 Å². The van der Waals surface area contributed by atoms with E-state index in [1.54, 1.807) is 0 Å². The molecule has 2 aromatic carbocycles. The molecule has 0 amide bonds. The maximum Gasteiger partial charge on any atom is 0.316 e. The van der Waals surface area contributed by atoms with Gasteiger partial charge < -0.3 is 4.74 Å². The predicted molar refractivity (Wildman–Crippen MR) is 80.0 cm³/mol. The molecule has 106 valence electrons. The van der Waals surface area contributed by atoms with E-state index in [1.807, 2.05) is 24.3 Å². The van der Waals surface area contributed by atoms with Crippen LogP contribution in [0, 0.1) is 5.92 Å². The first-order valence-electron chi connectivity index (χ1n) is 7.38. The molecule has 2 aliphatic heterocycles. The molecule has 0 saturated carbocycles. The lowest BCUT2D eigenvalue weighted by Gasteiger charge is -2.25. The van der Waals surface area contributed by atoms with Crippen molar-refractivity contribution in [2.45, 2.75) is 12.5 Å². The van der Waals surface area contributed by atoms with Gasteiger partial charge in [0.2, 0.25) is 0 Å². The quantitative estimate of drug-likeness (QED) is 0.625. The minimum Gasteiger partial charge on any atom is -0.426 e. The molecule has 0 bridgehead atoms. The van der Waals surface area contributed by atoms with Crippen molar-refractivity contribution in [3.8, 4) is 5.75 Å². The smallest absolute Gasteiger partial charge is 0.316 e. The van der Waals surface area contributed by atoms with E-state index in [-0.39, 0.29) is 17.8 Å². The Morgan fingerprint density at radius 2 is 1.67 bits per heavy atom. The largest absolute Gasteiger partial charge is 0.426 e. The Kier molecular flexibility index (Phi) is 3.00. The van der Waals surface area contributed by atoms with Crippen molar-refractivity contribution in [3.05, 3.63) is 65.7 Å². The first-order chi connectivity index (χ1) is 10.3. The van der Waals surface area contributed by atoms with Gasteiger partial charge in [0.25, 0.3) is 0 Å². The van der Waals surface area contributed by atoms with Gasteiger partial charge in [0.15, 0.2) is 0 Å². The third kappa shape index (κ3) is 2.24. The molecule has 1 fully saturated rings. The van der Waals surface area contributed by atoms with E-state index in [1.165, 1.54) is 11.1 Å². The van der Waals surface area contributed by atoms with Crippen LogP contribution in [0.2, 0.25) is 0 Å². The summed E-state index contributed by atoms with van der Waals surface area (Å²) in [5, 5.41) is 0. The average molecular weight is 279 g/mol. The molecule has 0 radical (unpaired) electrons. The Hall–Kier alpha value is -2.13. The molecule has 0 aliphatic carbocycles. The zero-order valence-corrected chi connectivity index (χ0v) is 11.7. The fraction of sp³-hybridized carbons (Fsp3) is 0.278.